The van der Waals surface area contributed by atoms with E-state index in [1.54, 1.807) is 24.5 Å². The Labute approximate surface area is 150 Å². The molecule has 0 amide bonds. The van der Waals surface area contributed by atoms with Gasteiger partial charge in [0.2, 0.25) is 0 Å². The van der Waals surface area contributed by atoms with Gasteiger partial charge in [-0.1, -0.05) is 11.2 Å². The lowest BCUT2D eigenvalue weighted by Gasteiger charge is -2.18. The third kappa shape index (κ3) is 4.64. The van der Waals surface area contributed by atoms with Crippen LogP contribution >= 0.6 is 0 Å². The molecule has 0 unspecified atom stereocenters. The summed E-state index contributed by atoms with van der Waals surface area (Å²) in [6, 6.07) is 7.38. The smallest absolute Gasteiger partial charge is 0.341 e. The number of benzene rings is 1. The van der Waals surface area contributed by atoms with Crippen LogP contribution in [-0.2, 0) is 17.9 Å². The monoisotopic (exact) mass is 354 g/mol. The molecule has 134 valence electrons. The van der Waals surface area contributed by atoms with Gasteiger partial charge in [0, 0.05) is 42.7 Å². The van der Waals surface area contributed by atoms with Gasteiger partial charge in [-0.15, -0.1) is 0 Å². The fraction of sp³-hybridized carbons (Fsp3) is 0.222. The third-order valence-corrected chi connectivity index (χ3v) is 3.67. The van der Waals surface area contributed by atoms with Crippen molar-refractivity contribution < 1.29 is 19.2 Å². The van der Waals surface area contributed by atoms with Crippen molar-refractivity contribution in [1.82, 2.24) is 20.0 Å². The molecule has 0 aliphatic rings. The van der Waals surface area contributed by atoms with E-state index in [1.165, 1.54) is 12.6 Å². The maximum atomic E-state index is 10.8. The van der Waals surface area contributed by atoms with Crippen LogP contribution in [0, 0.1) is 0 Å². The minimum atomic E-state index is -1.02. The molecule has 0 aliphatic heterocycles. The summed E-state index contributed by atoms with van der Waals surface area (Å²) in [4.78, 5) is 20.9. The molecule has 0 saturated heterocycles. The summed E-state index contributed by atoms with van der Waals surface area (Å²) in [5.41, 5.74) is 3.47. The van der Waals surface area contributed by atoms with E-state index in [-0.39, 0.29) is 0 Å². The molecular formula is C18H18N4O4. The van der Waals surface area contributed by atoms with Gasteiger partial charge in [0.25, 0.3) is 0 Å². The zero-order chi connectivity index (χ0) is 18.4. The molecule has 26 heavy (non-hydrogen) atoms. The van der Waals surface area contributed by atoms with Gasteiger partial charge in [0.05, 0.1) is 5.69 Å². The highest BCUT2D eigenvalue weighted by Gasteiger charge is 2.12. The maximum absolute atomic E-state index is 10.8. The molecule has 1 N–H and O–H groups in total. The second-order valence-electron chi connectivity index (χ2n) is 5.80. The van der Waals surface area contributed by atoms with Crippen LogP contribution in [-0.4, -0.2) is 44.8 Å². The second-order valence-corrected chi connectivity index (χ2v) is 5.80. The van der Waals surface area contributed by atoms with E-state index in [1.807, 2.05) is 24.1 Å². The van der Waals surface area contributed by atoms with Crippen molar-refractivity contribution in [3.63, 3.8) is 0 Å². The van der Waals surface area contributed by atoms with Crippen molar-refractivity contribution in [2.24, 2.45) is 0 Å². The predicted octanol–water partition coefficient (Wildman–Crippen LogP) is 2.23. The van der Waals surface area contributed by atoms with E-state index in [0.717, 1.165) is 22.4 Å². The number of ether oxygens (including phenoxy) is 1. The van der Waals surface area contributed by atoms with E-state index in [4.69, 9.17) is 14.4 Å². The first kappa shape index (κ1) is 17.6. The molecule has 0 saturated carbocycles. The summed E-state index contributed by atoms with van der Waals surface area (Å²) in [5, 5.41) is 12.8. The molecule has 3 aromatic rings. The van der Waals surface area contributed by atoms with Crippen molar-refractivity contribution in [3.05, 3.63) is 60.5 Å². The van der Waals surface area contributed by atoms with Gasteiger partial charge in [-0.05, 0) is 24.7 Å². The minimum Gasteiger partial charge on any atom is -0.482 e. The van der Waals surface area contributed by atoms with Crippen LogP contribution in [0.15, 0.2) is 53.8 Å². The number of rotatable bonds is 8. The Bertz CT molecular complexity index is 853. The van der Waals surface area contributed by atoms with Gasteiger partial charge in [0.1, 0.15) is 18.3 Å². The zero-order valence-electron chi connectivity index (χ0n) is 14.2. The fourth-order valence-electron chi connectivity index (χ4n) is 2.55. The van der Waals surface area contributed by atoms with Gasteiger partial charge in [0.15, 0.2) is 6.61 Å². The molecule has 8 heteroatoms. The topological polar surface area (TPSA) is 102 Å². The van der Waals surface area contributed by atoms with Crippen LogP contribution in [0.2, 0.25) is 0 Å². The fourth-order valence-corrected chi connectivity index (χ4v) is 2.55. The van der Waals surface area contributed by atoms with E-state index >= 15 is 0 Å². The first-order valence-corrected chi connectivity index (χ1v) is 7.92. The molecule has 0 aliphatic carbocycles. The average Bonchev–Trinajstić information content (AvgIpc) is 3.14. The van der Waals surface area contributed by atoms with Gasteiger partial charge in [-0.3, -0.25) is 4.90 Å². The molecule has 2 heterocycles. The number of carboxylic acids is 1. The minimum absolute atomic E-state index is 0.395. The Hall–Kier alpha value is -3.26. The summed E-state index contributed by atoms with van der Waals surface area (Å²) < 4.78 is 10.3. The first-order chi connectivity index (χ1) is 12.6. The average molecular weight is 354 g/mol. The summed E-state index contributed by atoms with van der Waals surface area (Å²) in [5.74, 6) is -0.493. The normalized spacial score (nSPS) is 10.8. The van der Waals surface area contributed by atoms with E-state index in [9.17, 15) is 4.79 Å². The summed E-state index contributed by atoms with van der Waals surface area (Å²) in [6.07, 6.45) is 6.45. The molecule has 0 atom stereocenters. The SMILES string of the molecule is CN(Cc1ccon1)Cc1cc(-c2cncnc2)ccc1OCC(=O)O. The highest BCUT2D eigenvalue weighted by atomic mass is 16.5. The zero-order valence-corrected chi connectivity index (χ0v) is 14.2. The highest BCUT2D eigenvalue weighted by molar-refractivity contribution is 5.69. The van der Waals surface area contributed by atoms with Crippen LogP contribution < -0.4 is 4.74 Å². The van der Waals surface area contributed by atoms with Crippen LogP contribution in [0.1, 0.15) is 11.3 Å². The number of hydrogen-bond acceptors (Lipinski definition) is 7. The van der Waals surface area contributed by atoms with Crippen LogP contribution in [0.4, 0.5) is 0 Å². The molecule has 0 bridgehead atoms. The molecular weight excluding hydrogens is 336 g/mol. The molecule has 8 nitrogen and oxygen atoms in total. The molecule has 2 aromatic heterocycles. The standard InChI is InChI=1S/C18H18N4O4/c1-22(10-16-4-5-26-21-16)9-14-6-13(15-7-19-12-20-8-15)2-3-17(14)25-11-18(23)24/h2-8,12H,9-11H2,1H3,(H,23,24). The molecule has 0 fully saturated rings. The molecule has 1 aromatic carbocycles. The lowest BCUT2D eigenvalue weighted by atomic mass is 10.0. The van der Waals surface area contributed by atoms with Crippen LogP contribution in [0.25, 0.3) is 11.1 Å². The summed E-state index contributed by atoms with van der Waals surface area (Å²) >= 11 is 0. The largest absolute Gasteiger partial charge is 0.482 e. The first-order valence-electron chi connectivity index (χ1n) is 7.92. The van der Waals surface area contributed by atoms with Crippen molar-refractivity contribution in [2.45, 2.75) is 13.1 Å². The second kappa shape index (κ2) is 8.21. The Kier molecular flexibility index (Phi) is 5.55. The van der Waals surface area contributed by atoms with Crippen molar-refractivity contribution >= 4 is 5.97 Å². The molecule has 0 radical (unpaired) electrons. The van der Waals surface area contributed by atoms with Gasteiger partial charge < -0.3 is 14.4 Å². The number of aliphatic carboxylic acids is 1. The number of nitrogens with zero attached hydrogens (tertiary/aromatic N) is 4. The maximum Gasteiger partial charge on any atom is 0.341 e. The Balaban J connectivity index is 1.83. The third-order valence-electron chi connectivity index (χ3n) is 3.67. The lowest BCUT2D eigenvalue weighted by molar-refractivity contribution is -0.139. The van der Waals surface area contributed by atoms with Crippen molar-refractivity contribution in [3.8, 4) is 16.9 Å². The predicted molar refractivity (Wildman–Crippen MR) is 92.3 cm³/mol. The number of carbonyl (C=O) groups is 1. The van der Waals surface area contributed by atoms with E-state index < -0.39 is 12.6 Å². The number of aromatic nitrogens is 3. The highest BCUT2D eigenvalue weighted by Crippen LogP contribution is 2.27. The summed E-state index contributed by atoms with van der Waals surface area (Å²) in [7, 11) is 1.94. The molecule has 0 spiro atoms. The summed E-state index contributed by atoms with van der Waals surface area (Å²) in [6.45, 7) is 0.741. The number of carboxylic acid groups (broad SMARTS) is 1. The van der Waals surface area contributed by atoms with Gasteiger partial charge >= 0.3 is 5.97 Å². The van der Waals surface area contributed by atoms with Crippen LogP contribution in [0.5, 0.6) is 5.75 Å². The van der Waals surface area contributed by atoms with E-state index in [2.05, 4.69) is 15.1 Å². The Morgan fingerprint density at radius 1 is 1.19 bits per heavy atom. The Morgan fingerprint density at radius 3 is 2.69 bits per heavy atom. The van der Waals surface area contributed by atoms with Gasteiger partial charge in [-0.25, -0.2) is 14.8 Å². The molecule has 3 rings (SSSR count). The Morgan fingerprint density at radius 2 is 2.00 bits per heavy atom. The van der Waals surface area contributed by atoms with Gasteiger partial charge in [-0.2, -0.15) is 0 Å². The van der Waals surface area contributed by atoms with Crippen molar-refractivity contribution in [1.29, 1.82) is 0 Å². The van der Waals surface area contributed by atoms with Crippen LogP contribution in [0.3, 0.4) is 0 Å². The number of hydrogen-bond donors (Lipinski definition) is 1. The quantitative estimate of drug-likeness (QED) is 0.657. The van der Waals surface area contributed by atoms with Crippen molar-refractivity contribution in [2.75, 3.05) is 13.7 Å². The lowest BCUT2D eigenvalue weighted by Crippen LogP contribution is -2.19. The van der Waals surface area contributed by atoms with E-state index in [0.29, 0.717) is 18.8 Å².